The quantitative estimate of drug-likeness (QED) is 0.815. The summed E-state index contributed by atoms with van der Waals surface area (Å²) < 4.78 is 1.21. The van der Waals surface area contributed by atoms with Gasteiger partial charge in [-0.1, -0.05) is 11.6 Å². The highest BCUT2D eigenvalue weighted by Crippen LogP contribution is 2.53. The number of fused-ring (bicyclic) bond motifs is 3. The van der Waals surface area contributed by atoms with Gasteiger partial charge in [0.05, 0.1) is 10.2 Å². The van der Waals surface area contributed by atoms with E-state index in [1.807, 2.05) is 29.5 Å². The summed E-state index contributed by atoms with van der Waals surface area (Å²) >= 11 is 7.92. The Morgan fingerprint density at radius 1 is 1.29 bits per heavy atom. The molecule has 2 aliphatic carbocycles. The van der Waals surface area contributed by atoms with Gasteiger partial charge in [0.15, 0.2) is 0 Å². The summed E-state index contributed by atoms with van der Waals surface area (Å²) in [6.45, 7) is 1.08. The van der Waals surface area contributed by atoms with E-state index in [4.69, 9.17) is 16.6 Å². The zero-order valence-corrected chi connectivity index (χ0v) is 14.0. The Bertz CT molecular complexity index is 731. The number of benzene rings is 1. The highest BCUT2D eigenvalue weighted by Gasteiger charge is 2.40. The zero-order chi connectivity index (χ0) is 14.6. The first kappa shape index (κ1) is 13.7. The largest absolute Gasteiger partial charge is 0.305 e. The highest BCUT2D eigenvalue weighted by molar-refractivity contribution is 7.19. The van der Waals surface area contributed by atoms with Gasteiger partial charge in [-0.2, -0.15) is 0 Å². The van der Waals surface area contributed by atoms with Crippen LogP contribution in [0.4, 0.5) is 0 Å². The molecule has 1 saturated carbocycles. The third kappa shape index (κ3) is 2.32. The van der Waals surface area contributed by atoms with Crippen LogP contribution in [0.25, 0.3) is 15.8 Å². The van der Waals surface area contributed by atoms with Crippen molar-refractivity contribution in [3.05, 3.63) is 33.8 Å². The molecule has 4 heteroatoms. The lowest BCUT2D eigenvalue weighted by molar-refractivity contribution is 0.423. The third-order valence-electron chi connectivity index (χ3n) is 4.75. The standard InChI is InChI=1S/C17H19ClN2S/c1-20(2)9-13-10-3-4-11(7-10)16(13)17-19-14-6-5-12(18)8-15(14)21-17/h5-6,8,10-11H,3-4,7,9H2,1-2H3. The minimum Gasteiger partial charge on any atom is -0.305 e. The summed E-state index contributed by atoms with van der Waals surface area (Å²) in [7, 11) is 4.32. The lowest BCUT2D eigenvalue weighted by Crippen LogP contribution is -2.19. The van der Waals surface area contributed by atoms with Crippen LogP contribution in [0.5, 0.6) is 0 Å². The van der Waals surface area contributed by atoms with Gasteiger partial charge in [0.2, 0.25) is 0 Å². The van der Waals surface area contributed by atoms with Gasteiger partial charge in [0, 0.05) is 11.6 Å². The summed E-state index contributed by atoms with van der Waals surface area (Å²) in [5.74, 6) is 1.53. The molecule has 0 amide bonds. The van der Waals surface area contributed by atoms with Crippen LogP contribution in [0.1, 0.15) is 24.3 Å². The second-order valence-corrected chi connectivity index (χ2v) is 7.98. The second kappa shape index (κ2) is 5.08. The topological polar surface area (TPSA) is 16.1 Å². The van der Waals surface area contributed by atoms with Crippen molar-refractivity contribution in [2.45, 2.75) is 19.3 Å². The molecule has 0 aliphatic heterocycles. The molecule has 2 atom stereocenters. The molecule has 0 N–H and O–H groups in total. The van der Waals surface area contributed by atoms with Crippen LogP contribution in [0.15, 0.2) is 23.8 Å². The number of rotatable bonds is 3. The van der Waals surface area contributed by atoms with Crippen molar-refractivity contribution in [3.8, 4) is 0 Å². The van der Waals surface area contributed by atoms with Crippen LogP contribution >= 0.6 is 22.9 Å². The van der Waals surface area contributed by atoms with Crippen LogP contribution in [-0.4, -0.2) is 30.5 Å². The first-order valence-electron chi connectivity index (χ1n) is 7.56. The van der Waals surface area contributed by atoms with Gasteiger partial charge in [-0.25, -0.2) is 4.98 Å². The Balaban J connectivity index is 1.83. The number of nitrogens with zero attached hydrogens (tertiary/aromatic N) is 2. The zero-order valence-electron chi connectivity index (χ0n) is 12.4. The van der Waals surface area contributed by atoms with Crippen LogP contribution in [0.3, 0.4) is 0 Å². The van der Waals surface area contributed by atoms with Crippen molar-refractivity contribution >= 4 is 38.7 Å². The molecule has 0 radical (unpaired) electrons. The number of thiazole rings is 1. The molecule has 0 spiro atoms. The van der Waals surface area contributed by atoms with Gasteiger partial charge in [-0.05, 0) is 74.5 Å². The van der Waals surface area contributed by atoms with Crippen LogP contribution < -0.4 is 0 Å². The summed E-state index contributed by atoms with van der Waals surface area (Å²) in [6.07, 6.45) is 4.05. The third-order valence-corrected chi connectivity index (χ3v) is 6.03. The molecular formula is C17H19ClN2S. The molecule has 1 fully saturated rings. The lowest BCUT2D eigenvalue weighted by Gasteiger charge is -2.21. The van der Waals surface area contributed by atoms with E-state index in [0.29, 0.717) is 0 Å². The Labute approximate surface area is 134 Å². The second-order valence-electron chi connectivity index (χ2n) is 6.51. The molecule has 0 saturated heterocycles. The number of likely N-dealkylation sites (N-methyl/N-ethyl adjacent to an activating group) is 1. The first-order chi connectivity index (χ1) is 10.1. The van der Waals surface area contributed by atoms with Gasteiger partial charge >= 0.3 is 0 Å². The molecule has 4 rings (SSSR count). The van der Waals surface area contributed by atoms with Crippen molar-refractivity contribution in [1.82, 2.24) is 9.88 Å². The average molecular weight is 319 g/mol. The molecule has 2 unspecified atom stereocenters. The fraction of sp³-hybridized carbons (Fsp3) is 0.471. The fourth-order valence-electron chi connectivity index (χ4n) is 3.92. The minimum absolute atomic E-state index is 0.737. The monoisotopic (exact) mass is 318 g/mol. The van der Waals surface area contributed by atoms with E-state index in [1.165, 1.54) is 29.0 Å². The van der Waals surface area contributed by atoms with E-state index in [0.717, 1.165) is 28.9 Å². The van der Waals surface area contributed by atoms with Crippen LogP contribution in [0.2, 0.25) is 5.02 Å². The number of hydrogen-bond acceptors (Lipinski definition) is 3. The predicted octanol–water partition coefficient (Wildman–Crippen LogP) is 4.69. The van der Waals surface area contributed by atoms with Crippen molar-refractivity contribution < 1.29 is 0 Å². The van der Waals surface area contributed by atoms with Gasteiger partial charge in [0.1, 0.15) is 5.01 Å². The molecule has 1 aromatic carbocycles. The summed E-state index contributed by atoms with van der Waals surface area (Å²) in [6, 6.07) is 6.01. The molecule has 1 heterocycles. The average Bonchev–Trinajstić information content (AvgIpc) is 3.10. The molecule has 2 bridgehead atoms. The summed E-state index contributed by atoms with van der Waals surface area (Å²) in [5, 5.41) is 2.03. The fourth-order valence-corrected chi connectivity index (χ4v) is 5.32. The molecule has 1 aromatic heterocycles. The number of halogens is 1. The van der Waals surface area contributed by atoms with Gasteiger partial charge in [0.25, 0.3) is 0 Å². The number of allylic oxidation sites excluding steroid dienone is 1. The van der Waals surface area contributed by atoms with E-state index >= 15 is 0 Å². The van der Waals surface area contributed by atoms with Crippen molar-refractivity contribution in [2.24, 2.45) is 11.8 Å². The maximum absolute atomic E-state index is 6.11. The molecule has 2 aromatic rings. The van der Waals surface area contributed by atoms with Crippen molar-refractivity contribution in [2.75, 3.05) is 20.6 Å². The lowest BCUT2D eigenvalue weighted by atomic mass is 9.92. The van der Waals surface area contributed by atoms with Gasteiger partial charge in [-0.15, -0.1) is 11.3 Å². The molecule has 110 valence electrons. The minimum atomic E-state index is 0.737. The van der Waals surface area contributed by atoms with E-state index in [9.17, 15) is 0 Å². The van der Waals surface area contributed by atoms with E-state index in [1.54, 1.807) is 11.1 Å². The first-order valence-corrected chi connectivity index (χ1v) is 8.75. The Morgan fingerprint density at radius 2 is 2.10 bits per heavy atom. The summed E-state index contributed by atoms with van der Waals surface area (Å²) in [4.78, 5) is 7.19. The molecule has 2 aliphatic rings. The maximum Gasteiger partial charge on any atom is 0.120 e. The Kier molecular flexibility index (Phi) is 3.32. The van der Waals surface area contributed by atoms with Crippen LogP contribution in [-0.2, 0) is 0 Å². The van der Waals surface area contributed by atoms with Crippen molar-refractivity contribution in [1.29, 1.82) is 0 Å². The van der Waals surface area contributed by atoms with Gasteiger partial charge < -0.3 is 4.90 Å². The normalized spacial score (nSPS) is 24.8. The Morgan fingerprint density at radius 3 is 2.90 bits per heavy atom. The van der Waals surface area contributed by atoms with Crippen molar-refractivity contribution in [3.63, 3.8) is 0 Å². The summed E-state index contributed by atoms with van der Waals surface area (Å²) in [5.41, 5.74) is 4.28. The van der Waals surface area contributed by atoms with E-state index in [2.05, 4.69) is 19.0 Å². The SMILES string of the molecule is CN(C)CC1=C(c2nc3ccc(Cl)cc3s2)C2CCC1C2. The smallest absolute Gasteiger partial charge is 0.120 e. The number of aromatic nitrogens is 1. The molecular weight excluding hydrogens is 300 g/mol. The van der Waals surface area contributed by atoms with E-state index < -0.39 is 0 Å². The highest BCUT2D eigenvalue weighted by atomic mass is 35.5. The van der Waals surface area contributed by atoms with Crippen LogP contribution in [0, 0.1) is 11.8 Å². The Hall–Kier alpha value is -0.900. The predicted molar refractivity (Wildman–Crippen MR) is 90.9 cm³/mol. The maximum atomic E-state index is 6.11. The van der Waals surface area contributed by atoms with Gasteiger partial charge in [-0.3, -0.25) is 0 Å². The van der Waals surface area contributed by atoms with E-state index in [-0.39, 0.29) is 0 Å². The number of hydrogen-bond donors (Lipinski definition) is 0. The molecule has 2 nitrogen and oxygen atoms in total. The molecule has 21 heavy (non-hydrogen) atoms.